The molecule has 2 heterocycles. The summed E-state index contributed by atoms with van der Waals surface area (Å²) in [5.41, 5.74) is 0.0523. The second-order valence-electron chi connectivity index (χ2n) is 8.85. The third-order valence-corrected chi connectivity index (χ3v) is 7.49. The zero-order valence-corrected chi connectivity index (χ0v) is 16.4. The van der Waals surface area contributed by atoms with Gasteiger partial charge in [-0.05, 0) is 46.1 Å². The monoisotopic (exact) mass is 336 g/mol. The third-order valence-electron chi connectivity index (χ3n) is 7.49. The first-order chi connectivity index (χ1) is 11.3. The molecular formula is C19H36N4O. The highest BCUT2D eigenvalue weighted by molar-refractivity contribution is 5.80. The first kappa shape index (κ1) is 18.0. The predicted octanol–water partition coefficient (Wildman–Crippen LogP) is 2.37. The summed E-state index contributed by atoms with van der Waals surface area (Å²) in [5, 5.41) is 7.36. The molecule has 5 heteroatoms. The van der Waals surface area contributed by atoms with Gasteiger partial charge in [0.05, 0.1) is 5.60 Å². The first-order valence-corrected chi connectivity index (χ1v) is 9.57. The van der Waals surface area contributed by atoms with E-state index in [1.54, 1.807) is 0 Å². The van der Waals surface area contributed by atoms with Crippen LogP contribution in [0.15, 0.2) is 4.99 Å². The van der Waals surface area contributed by atoms with Crippen LogP contribution < -0.4 is 10.6 Å². The number of methoxy groups -OCH3 is 1. The van der Waals surface area contributed by atoms with Gasteiger partial charge in [-0.15, -0.1) is 0 Å². The molecule has 0 aromatic carbocycles. The highest BCUT2D eigenvalue weighted by Crippen LogP contribution is 2.51. The van der Waals surface area contributed by atoms with Gasteiger partial charge >= 0.3 is 0 Å². The Bertz CT molecular complexity index is 478. The lowest BCUT2D eigenvalue weighted by Crippen LogP contribution is -2.70. The van der Waals surface area contributed by atoms with Gasteiger partial charge in [0.2, 0.25) is 0 Å². The maximum absolute atomic E-state index is 5.74. The van der Waals surface area contributed by atoms with Crippen LogP contribution in [0.2, 0.25) is 0 Å². The van der Waals surface area contributed by atoms with E-state index in [9.17, 15) is 0 Å². The molecule has 0 amide bonds. The van der Waals surface area contributed by atoms with Gasteiger partial charge in [0.1, 0.15) is 0 Å². The number of aliphatic imine (C=N–C) groups is 1. The summed E-state index contributed by atoms with van der Waals surface area (Å²) in [4.78, 5) is 7.10. The number of ether oxygens (including phenoxy) is 1. The lowest BCUT2D eigenvalue weighted by Gasteiger charge is -2.59. The first-order valence-electron chi connectivity index (χ1n) is 9.57. The molecule has 3 fully saturated rings. The maximum atomic E-state index is 5.74. The smallest absolute Gasteiger partial charge is 0.191 e. The second-order valence-corrected chi connectivity index (χ2v) is 8.85. The normalized spacial score (nSPS) is 42.3. The summed E-state index contributed by atoms with van der Waals surface area (Å²) in [6, 6.07) is 2.43. The fourth-order valence-electron chi connectivity index (χ4n) is 4.99. The van der Waals surface area contributed by atoms with Gasteiger partial charge in [0.25, 0.3) is 0 Å². The molecule has 2 aliphatic heterocycles. The Labute approximate surface area is 147 Å². The topological polar surface area (TPSA) is 48.9 Å². The molecule has 2 saturated heterocycles. The number of fused-ring (bicyclic) bond motifs is 2. The van der Waals surface area contributed by atoms with Gasteiger partial charge in [-0.25, -0.2) is 0 Å². The minimum Gasteiger partial charge on any atom is -0.378 e. The fourth-order valence-corrected chi connectivity index (χ4v) is 4.99. The van der Waals surface area contributed by atoms with Crippen molar-refractivity contribution in [2.24, 2.45) is 10.4 Å². The van der Waals surface area contributed by atoms with Crippen molar-refractivity contribution in [2.75, 3.05) is 21.2 Å². The number of nitrogens with zero attached hydrogens (tertiary/aromatic N) is 2. The van der Waals surface area contributed by atoms with Crippen molar-refractivity contribution in [1.29, 1.82) is 0 Å². The van der Waals surface area contributed by atoms with Crippen LogP contribution in [0.4, 0.5) is 0 Å². The molecule has 3 aliphatic rings. The summed E-state index contributed by atoms with van der Waals surface area (Å²) >= 11 is 0. The van der Waals surface area contributed by atoms with E-state index < -0.39 is 0 Å². The van der Waals surface area contributed by atoms with E-state index in [2.05, 4.69) is 48.3 Å². The molecule has 2 bridgehead atoms. The van der Waals surface area contributed by atoms with Crippen molar-refractivity contribution < 1.29 is 4.74 Å². The van der Waals surface area contributed by atoms with E-state index >= 15 is 0 Å². The van der Waals surface area contributed by atoms with Crippen LogP contribution in [-0.4, -0.2) is 61.8 Å². The van der Waals surface area contributed by atoms with Crippen LogP contribution in [0.25, 0.3) is 0 Å². The second kappa shape index (κ2) is 6.49. The molecule has 1 aliphatic carbocycles. The molecule has 4 atom stereocenters. The minimum atomic E-state index is -0.0475. The van der Waals surface area contributed by atoms with Gasteiger partial charge < -0.3 is 20.3 Å². The molecule has 0 radical (unpaired) electrons. The van der Waals surface area contributed by atoms with Crippen molar-refractivity contribution in [3.63, 3.8) is 0 Å². The van der Waals surface area contributed by atoms with Crippen LogP contribution in [-0.2, 0) is 4.74 Å². The Morgan fingerprint density at radius 1 is 1.12 bits per heavy atom. The van der Waals surface area contributed by atoms with Crippen molar-refractivity contribution in [2.45, 2.75) is 89.1 Å². The number of hydrogen-bond acceptors (Lipinski definition) is 3. The average molecular weight is 337 g/mol. The molecule has 0 spiro atoms. The van der Waals surface area contributed by atoms with Crippen LogP contribution in [0.3, 0.4) is 0 Å². The zero-order chi connectivity index (χ0) is 17.5. The SMILES string of the molecule is CN=C(NC1CC2CCCC(C1)N2C)NC1CC(C)(OC)C1(C)C. The van der Waals surface area contributed by atoms with Crippen molar-refractivity contribution in [1.82, 2.24) is 15.5 Å². The van der Waals surface area contributed by atoms with E-state index in [1.807, 2.05) is 14.2 Å². The molecule has 5 nitrogen and oxygen atoms in total. The van der Waals surface area contributed by atoms with E-state index in [-0.39, 0.29) is 11.0 Å². The molecule has 3 rings (SSSR count). The number of rotatable bonds is 3. The van der Waals surface area contributed by atoms with Gasteiger partial charge in [-0.3, -0.25) is 4.99 Å². The Kier molecular flexibility index (Phi) is 4.86. The van der Waals surface area contributed by atoms with Crippen LogP contribution in [0.5, 0.6) is 0 Å². The maximum Gasteiger partial charge on any atom is 0.191 e. The summed E-state index contributed by atoms with van der Waals surface area (Å²) in [6.45, 7) is 6.77. The fraction of sp³-hybridized carbons (Fsp3) is 0.947. The molecule has 0 aromatic heterocycles. The van der Waals surface area contributed by atoms with Gasteiger partial charge in [-0.2, -0.15) is 0 Å². The summed E-state index contributed by atoms with van der Waals surface area (Å²) in [6.07, 6.45) is 7.58. The number of piperidine rings is 2. The number of hydrogen-bond donors (Lipinski definition) is 2. The highest BCUT2D eigenvalue weighted by Gasteiger charge is 2.58. The number of nitrogens with one attached hydrogen (secondary N) is 2. The molecule has 138 valence electrons. The van der Waals surface area contributed by atoms with Gasteiger partial charge in [0.15, 0.2) is 5.96 Å². The average Bonchev–Trinajstić information content (AvgIpc) is 2.54. The summed E-state index contributed by atoms with van der Waals surface area (Å²) in [5.74, 6) is 0.957. The summed E-state index contributed by atoms with van der Waals surface area (Å²) < 4.78 is 5.74. The Balaban J connectivity index is 1.57. The lowest BCUT2D eigenvalue weighted by atomic mass is 9.56. The predicted molar refractivity (Wildman–Crippen MR) is 99.4 cm³/mol. The quantitative estimate of drug-likeness (QED) is 0.614. The molecule has 1 saturated carbocycles. The standard InChI is InChI=1S/C19H36N4O/c1-18(2)16(12-19(18,3)24-6)22-17(20-4)21-13-10-14-8-7-9-15(11-13)23(14)5/h13-16H,7-12H2,1-6H3,(H2,20,21,22). The number of guanidine groups is 1. The largest absolute Gasteiger partial charge is 0.378 e. The zero-order valence-electron chi connectivity index (χ0n) is 16.4. The highest BCUT2D eigenvalue weighted by atomic mass is 16.5. The lowest BCUT2D eigenvalue weighted by molar-refractivity contribution is -0.176. The molecule has 0 aromatic rings. The Morgan fingerprint density at radius 3 is 2.25 bits per heavy atom. The third kappa shape index (κ3) is 2.94. The van der Waals surface area contributed by atoms with Crippen LogP contribution in [0.1, 0.15) is 59.3 Å². The minimum absolute atomic E-state index is 0.0475. The van der Waals surface area contributed by atoms with Crippen molar-refractivity contribution in [3.05, 3.63) is 0 Å². The van der Waals surface area contributed by atoms with Crippen molar-refractivity contribution >= 4 is 5.96 Å². The molecule has 4 unspecified atom stereocenters. The van der Waals surface area contributed by atoms with Gasteiger partial charge in [0, 0.05) is 43.7 Å². The Hall–Kier alpha value is -0.810. The van der Waals surface area contributed by atoms with Crippen molar-refractivity contribution in [3.8, 4) is 0 Å². The molecule has 2 N–H and O–H groups in total. The van der Waals surface area contributed by atoms with Crippen LogP contribution >= 0.6 is 0 Å². The summed E-state index contributed by atoms with van der Waals surface area (Å²) in [7, 11) is 6.01. The molecular weight excluding hydrogens is 300 g/mol. The Morgan fingerprint density at radius 2 is 1.75 bits per heavy atom. The van der Waals surface area contributed by atoms with E-state index in [4.69, 9.17) is 4.74 Å². The molecule has 24 heavy (non-hydrogen) atoms. The van der Waals surface area contributed by atoms with E-state index in [1.165, 1.54) is 32.1 Å². The van der Waals surface area contributed by atoms with E-state index in [0.29, 0.717) is 12.1 Å². The van der Waals surface area contributed by atoms with Gasteiger partial charge in [-0.1, -0.05) is 20.3 Å². The van der Waals surface area contributed by atoms with E-state index in [0.717, 1.165) is 24.5 Å². The van der Waals surface area contributed by atoms with Crippen LogP contribution in [0, 0.1) is 5.41 Å².